The van der Waals surface area contributed by atoms with Crippen LogP contribution in [0.15, 0.2) is 11.8 Å². The van der Waals surface area contributed by atoms with E-state index in [0.29, 0.717) is 13.0 Å². The molecule has 1 heterocycles. The van der Waals surface area contributed by atoms with Crippen LogP contribution >= 0.6 is 0 Å². The first kappa shape index (κ1) is 5.35. The van der Waals surface area contributed by atoms with Crippen molar-refractivity contribution in [1.82, 2.24) is 5.32 Å². The standard InChI is InChI=1S/C6H9NO/c1-5-2-6(8)4-7-3-5/h3,7H,2,4H2,1H3. The third-order valence-corrected chi connectivity index (χ3v) is 1.12. The van der Waals surface area contributed by atoms with Crippen molar-refractivity contribution in [1.29, 1.82) is 0 Å². The van der Waals surface area contributed by atoms with Crippen LogP contribution in [-0.4, -0.2) is 12.3 Å². The summed E-state index contributed by atoms with van der Waals surface area (Å²) in [6.07, 6.45) is 2.52. The average Bonchev–Trinajstić information content (AvgIpc) is 1.64. The van der Waals surface area contributed by atoms with E-state index >= 15 is 0 Å². The van der Waals surface area contributed by atoms with Crippen molar-refractivity contribution in [3.63, 3.8) is 0 Å². The summed E-state index contributed by atoms with van der Waals surface area (Å²) in [5.41, 5.74) is 1.13. The molecule has 0 amide bonds. The largest absolute Gasteiger partial charge is 0.384 e. The Labute approximate surface area is 48.6 Å². The first-order valence-electron chi connectivity index (χ1n) is 2.70. The number of ketones is 1. The Hall–Kier alpha value is -0.790. The lowest BCUT2D eigenvalue weighted by Crippen LogP contribution is -2.22. The Morgan fingerprint density at radius 2 is 2.50 bits per heavy atom. The molecule has 0 atom stereocenters. The minimum absolute atomic E-state index is 0.282. The third-order valence-electron chi connectivity index (χ3n) is 1.12. The zero-order valence-electron chi connectivity index (χ0n) is 4.90. The van der Waals surface area contributed by atoms with Gasteiger partial charge < -0.3 is 5.32 Å². The first-order valence-corrected chi connectivity index (χ1v) is 2.70. The van der Waals surface area contributed by atoms with Crippen LogP contribution < -0.4 is 5.32 Å². The van der Waals surface area contributed by atoms with E-state index in [1.165, 1.54) is 0 Å². The normalized spacial score (nSPS) is 19.6. The highest BCUT2D eigenvalue weighted by atomic mass is 16.1. The predicted molar refractivity (Wildman–Crippen MR) is 31.4 cm³/mol. The maximum atomic E-state index is 10.6. The summed E-state index contributed by atoms with van der Waals surface area (Å²) in [6.45, 7) is 2.46. The van der Waals surface area contributed by atoms with E-state index < -0.39 is 0 Å². The van der Waals surface area contributed by atoms with Crippen LogP contribution in [0.5, 0.6) is 0 Å². The van der Waals surface area contributed by atoms with E-state index in [-0.39, 0.29) is 5.78 Å². The molecule has 0 radical (unpaired) electrons. The Bertz CT molecular complexity index is 137. The van der Waals surface area contributed by atoms with Gasteiger partial charge in [0, 0.05) is 6.42 Å². The summed E-state index contributed by atoms with van der Waals surface area (Å²) in [5, 5.41) is 2.87. The van der Waals surface area contributed by atoms with E-state index in [0.717, 1.165) is 5.57 Å². The molecular formula is C6H9NO. The summed E-state index contributed by atoms with van der Waals surface area (Å²) in [4.78, 5) is 10.6. The molecule has 8 heavy (non-hydrogen) atoms. The molecule has 44 valence electrons. The molecule has 0 aliphatic carbocycles. The van der Waals surface area contributed by atoms with Crippen molar-refractivity contribution < 1.29 is 4.79 Å². The minimum atomic E-state index is 0.282. The molecule has 0 unspecified atom stereocenters. The van der Waals surface area contributed by atoms with Crippen LogP contribution in [0, 0.1) is 0 Å². The van der Waals surface area contributed by atoms with Crippen molar-refractivity contribution in [2.45, 2.75) is 13.3 Å². The van der Waals surface area contributed by atoms with Gasteiger partial charge in [-0.05, 0) is 13.1 Å². The van der Waals surface area contributed by atoms with Gasteiger partial charge in [0.15, 0.2) is 5.78 Å². The lowest BCUT2D eigenvalue weighted by Gasteiger charge is -2.07. The smallest absolute Gasteiger partial charge is 0.155 e. The van der Waals surface area contributed by atoms with Crippen molar-refractivity contribution in [3.8, 4) is 0 Å². The SMILES string of the molecule is CC1=CNCC(=O)C1. The van der Waals surface area contributed by atoms with Crippen LogP contribution in [0.1, 0.15) is 13.3 Å². The van der Waals surface area contributed by atoms with Gasteiger partial charge in [-0.15, -0.1) is 0 Å². The molecule has 2 nitrogen and oxygen atoms in total. The number of carbonyl (C=O) groups is 1. The summed E-state index contributed by atoms with van der Waals surface area (Å²) in [7, 11) is 0. The minimum Gasteiger partial charge on any atom is -0.384 e. The molecule has 1 aliphatic rings. The van der Waals surface area contributed by atoms with E-state index in [1.807, 2.05) is 13.1 Å². The van der Waals surface area contributed by atoms with Gasteiger partial charge in [0.1, 0.15) is 0 Å². The van der Waals surface area contributed by atoms with Crippen molar-refractivity contribution in [3.05, 3.63) is 11.8 Å². The number of allylic oxidation sites excluding steroid dienone is 1. The second-order valence-electron chi connectivity index (χ2n) is 2.09. The van der Waals surface area contributed by atoms with Gasteiger partial charge in [-0.1, -0.05) is 5.57 Å². The Morgan fingerprint density at radius 3 is 2.88 bits per heavy atom. The summed E-state index contributed by atoms with van der Waals surface area (Å²) < 4.78 is 0. The van der Waals surface area contributed by atoms with Crippen LogP contribution in [0.2, 0.25) is 0 Å². The zero-order chi connectivity index (χ0) is 5.98. The molecule has 1 aliphatic heterocycles. The molecular weight excluding hydrogens is 102 g/mol. The molecule has 1 N–H and O–H groups in total. The Kier molecular flexibility index (Phi) is 1.33. The number of rotatable bonds is 0. The Morgan fingerprint density at radius 1 is 1.75 bits per heavy atom. The molecule has 0 fully saturated rings. The number of nitrogens with one attached hydrogen (secondary N) is 1. The maximum Gasteiger partial charge on any atom is 0.155 e. The van der Waals surface area contributed by atoms with Gasteiger partial charge in [0.2, 0.25) is 0 Å². The van der Waals surface area contributed by atoms with Crippen LogP contribution in [0.25, 0.3) is 0 Å². The van der Waals surface area contributed by atoms with Crippen LogP contribution in [-0.2, 0) is 4.79 Å². The molecule has 0 aromatic heterocycles. The zero-order valence-corrected chi connectivity index (χ0v) is 4.90. The second-order valence-corrected chi connectivity index (χ2v) is 2.09. The van der Waals surface area contributed by atoms with Crippen molar-refractivity contribution in [2.24, 2.45) is 0 Å². The van der Waals surface area contributed by atoms with Gasteiger partial charge in [-0.25, -0.2) is 0 Å². The average molecular weight is 111 g/mol. The highest BCUT2D eigenvalue weighted by Gasteiger charge is 2.05. The number of carbonyl (C=O) groups excluding carboxylic acids is 1. The van der Waals surface area contributed by atoms with Crippen LogP contribution in [0.4, 0.5) is 0 Å². The molecule has 0 bridgehead atoms. The fourth-order valence-electron chi connectivity index (χ4n) is 0.764. The lowest BCUT2D eigenvalue weighted by atomic mass is 10.1. The van der Waals surface area contributed by atoms with Crippen molar-refractivity contribution >= 4 is 5.78 Å². The number of hydrogen-bond donors (Lipinski definition) is 1. The first-order chi connectivity index (χ1) is 3.79. The molecule has 0 saturated carbocycles. The van der Waals surface area contributed by atoms with E-state index in [9.17, 15) is 4.79 Å². The molecule has 0 aromatic carbocycles. The van der Waals surface area contributed by atoms with Gasteiger partial charge in [-0.3, -0.25) is 4.79 Å². The van der Waals surface area contributed by atoms with Gasteiger partial charge in [0.05, 0.1) is 6.54 Å². The molecule has 2 heteroatoms. The van der Waals surface area contributed by atoms with E-state index in [4.69, 9.17) is 0 Å². The predicted octanol–water partition coefficient (Wildman–Crippen LogP) is 0.453. The quantitative estimate of drug-likeness (QED) is 0.492. The number of Topliss-reactive ketones (excluding diaryl/α,β-unsaturated/α-hetero) is 1. The topological polar surface area (TPSA) is 29.1 Å². The molecule has 0 saturated heterocycles. The van der Waals surface area contributed by atoms with E-state index in [2.05, 4.69) is 5.32 Å². The van der Waals surface area contributed by atoms with Gasteiger partial charge in [-0.2, -0.15) is 0 Å². The third kappa shape index (κ3) is 1.09. The summed E-state index contributed by atoms with van der Waals surface area (Å²) in [6, 6.07) is 0. The van der Waals surface area contributed by atoms with Crippen LogP contribution in [0.3, 0.4) is 0 Å². The number of hydrogen-bond acceptors (Lipinski definition) is 2. The fourth-order valence-corrected chi connectivity index (χ4v) is 0.764. The molecule has 1 rings (SSSR count). The van der Waals surface area contributed by atoms with Gasteiger partial charge >= 0.3 is 0 Å². The van der Waals surface area contributed by atoms with E-state index in [1.54, 1.807) is 0 Å². The lowest BCUT2D eigenvalue weighted by molar-refractivity contribution is -0.117. The fraction of sp³-hybridized carbons (Fsp3) is 0.500. The Balaban J connectivity index is 2.57. The van der Waals surface area contributed by atoms with Crippen molar-refractivity contribution in [2.75, 3.05) is 6.54 Å². The second kappa shape index (κ2) is 1.99. The highest BCUT2D eigenvalue weighted by molar-refractivity contribution is 5.83. The highest BCUT2D eigenvalue weighted by Crippen LogP contribution is 2.01. The maximum absolute atomic E-state index is 10.6. The summed E-state index contributed by atoms with van der Waals surface area (Å²) in [5.74, 6) is 0.282. The van der Waals surface area contributed by atoms with Gasteiger partial charge in [0.25, 0.3) is 0 Å². The molecule has 0 aromatic rings. The molecule has 0 spiro atoms. The summed E-state index contributed by atoms with van der Waals surface area (Å²) >= 11 is 0. The monoisotopic (exact) mass is 111 g/mol.